The standard InChI is InChI=1S/C21H23Cl3N2O4S2/c1-14(3-2-10-25-12-20(21(27)28)31-13-25)26(19-11-16(23)6-9-18(19)24)32(29,30)17-7-4-15(22)5-8-17/h4-9,11,14,20H,2-3,10,12-13H2,1H3,(H,27,28)/t14?,20-/m1/s1. The van der Waals surface area contributed by atoms with Crippen LogP contribution < -0.4 is 4.31 Å². The first-order chi connectivity index (χ1) is 15.1. The van der Waals surface area contributed by atoms with Gasteiger partial charge >= 0.3 is 5.97 Å². The van der Waals surface area contributed by atoms with E-state index in [9.17, 15) is 13.2 Å². The van der Waals surface area contributed by atoms with E-state index in [0.717, 1.165) is 0 Å². The van der Waals surface area contributed by atoms with Crippen molar-refractivity contribution in [1.29, 1.82) is 0 Å². The molecule has 0 radical (unpaired) electrons. The zero-order chi connectivity index (χ0) is 23.5. The average Bonchev–Trinajstić information content (AvgIpc) is 3.20. The molecule has 0 aliphatic carbocycles. The lowest BCUT2D eigenvalue weighted by Gasteiger charge is -2.32. The van der Waals surface area contributed by atoms with Crippen LogP contribution in [0, 0.1) is 0 Å². The van der Waals surface area contributed by atoms with Crippen molar-refractivity contribution in [2.45, 2.75) is 36.0 Å². The van der Waals surface area contributed by atoms with E-state index in [1.54, 1.807) is 18.2 Å². The Morgan fingerprint density at radius 1 is 1.19 bits per heavy atom. The van der Waals surface area contributed by atoms with Crippen LogP contribution in [0.2, 0.25) is 15.1 Å². The molecule has 1 N–H and O–H groups in total. The van der Waals surface area contributed by atoms with E-state index in [4.69, 9.17) is 39.9 Å². The molecule has 174 valence electrons. The van der Waals surface area contributed by atoms with Crippen molar-refractivity contribution in [3.8, 4) is 0 Å². The Morgan fingerprint density at radius 2 is 1.84 bits per heavy atom. The summed E-state index contributed by atoms with van der Waals surface area (Å²) in [7, 11) is -3.94. The number of carboxylic acids is 1. The summed E-state index contributed by atoms with van der Waals surface area (Å²) in [5.41, 5.74) is 0.310. The molecule has 1 fully saturated rings. The van der Waals surface area contributed by atoms with Gasteiger partial charge in [0, 0.05) is 28.5 Å². The van der Waals surface area contributed by atoms with Gasteiger partial charge in [0.15, 0.2) is 0 Å². The molecule has 2 aromatic carbocycles. The van der Waals surface area contributed by atoms with E-state index in [1.807, 2.05) is 6.92 Å². The molecule has 2 aromatic rings. The number of anilines is 1. The maximum atomic E-state index is 13.6. The highest BCUT2D eigenvalue weighted by molar-refractivity contribution is 8.00. The van der Waals surface area contributed by atoms with Crippen LogP contribution in [0.1, 0.15) is 19.8 Å². The molecule has 6 nitrogen and oxygen atoms in total. The molecule has 11 heteroatoms. The van der Waals surface area contributed by atoms with Crippen LogP contribution in [0.5, 0.6) is 0 Å². The molecule has 1 unspecified atom stereocenters. The Kier molecular flexibility index (Phi) is 8.63. The quantitative estimate of drug-likeness (QED) is 0.457. The largest absolute Gasteiger partial charge is 0.480 e. The lowest BCUT2D eigenvalue weighted by Crippen LogP contribution is -2.39. The van der Waals surface area contributed by atoms with Crippen molar-refractivity contribution >= 4 is 68.2 Å². The summed E-state index contributed by atoms with van der Waals surface area (Å²) in [6, 6.07) is 10.3. The summed E-state index contributed by atoms with van der Waals surface area (Å²) in [5, 5.41) is 9.83. The normalized spacial score (nSPS) is 17.9. The highest BCUT2D eigenvalue weighted by atomic mass is 35.5. The van der Waals surface area contributed by atoms with Crippen molar-refractivity contribution in [3.63, 3.8) is 0 Å². The highest BCUT2D eigenvalue weighted by Crippen LogP contribution is 2.36. The molecule has 0 bridgehead atoms. The molecule has 0 saturated carbocycles. The number of thioether (sulfide) groups is 1. The Morgan fingerprint density at radius 3 is 2.47 bits per heavy atom. The molecule has 2 atom stereocenters. The van der Waals surface area contributed by atoms with E-state index in [0.29, 0.717) is 47.5 Å². The summed E-state index contributed by atoms with van der Waals surface area (Å²) in [5.74, 6) is -0.153. The highest BCUT2D eigenvalue weighted by Gasteiger charge is 2.32. The van der Waals surface area contributed by atoms with Gasteiger partial charge in [-0.05, 0) is 68.8 Å². The first-order valence-corrected chi connectivity index (χ1v) is 13.5. The lowest BCUT2D eigenvalue weighted by atomic mass is 10.1. The number of sulfonamides is 1. The van der Waals surface area contributed by atoms with E-state index < -0.39 is 27.3 Å². The zero-order valence-electron chi connectivity index (χ0n) is 17.2. The number of nitrogens with zero attached hydrogens (tertiary/aromatic N) is 2. The number of rotatable bonds is 9. The number of hydrogen-bond acceptors (Lipinski definition) is 5. The Bertz CT molecular complexity index is 1070. The van der Waals surface area contributed by atoms with Crippen LogP contribution in [0.3, 0.4) is 0 Å². The number of hydrogen-bond donors (Lipinski definition) is 1. The Balaban J connectivity index is 1.82. The zero-order valence-corrected chi connectivity index (χ0v) is 21.1. The van der Waals surface area contributed by atoms with E-state index in [-0.39, 0.29) is 9.92 Å². The third-order valence-corrected chi connectivity index (χ3v) is 9.19. The maximum absolute atomic E-state index is 13.6. The summed E-state index contributed by atoms with van der Waals surface area (Å²) in [6.07, 6.45) is 1.24. The topological polar surface area (TPSA) is 77.9 Å². The van der Waals surface area contributed by atoms with Crippen LogP contribution >= 0.6 is 46.6 Å². The van der Waals surface area contributed by atoms with Gasteiger partial charge in [0.25, 0.3) is 10.0 Å². The molecule has 0 amide bonds. The van der Waals surface area contributed by atoms with Gasteiger partial charge in [-0.15, -0.1) is 11.8 Å². The van der Waals surface area contributed by atoms with Crippen molar-refractivity contribution in [1.82, 2.24) is 4.90 Å². The van der Waals surface area contributed by atoms with Crippen LogP contribution in [0.15, 0.2) is 47.4 Å². The molecule has 1 heterocycles. The minimum Gasteiger partial charge on any atom is -0.480 e. The van der Waals surface area contributed by atoms with Gasteiger partial charge < -0.3 is 5.11 Å². The number of benzene rings is 2. The molecule has 0 aromatic heterocycles. The molecule has 0 spiro atoms. The smallest absolute Gasteiger partial charge is 0.317 e. The molecule has 1 aliphatic rings. The summed E-state index contributed by atoms with van der Waals surface area (Å²) in [4.78, 5) is 13.3. The van der Waals surface area contributed by atoms with Crippen LogP contribution in [0.4, 0.5) is 5.69 Å². The first kappa shape index (κ1) is 25.5. The molecule has 3 rings (SSSR count). The second-order valence-electron chi connectivity index (χ2n) is 7.54. The van der Waals surface area contributed by atoms with Gasteiger partial charge in [-0.25, -0.2) is 8.42 Å². The van der Waals surface area contributed by atoms with Crippen LogP contribution in [-0.2, 0) is 14.8 Å². The number of halogens is 3. The third kappa shape index (κ3) is 6.04. The average molecular weight is 538 g/mol. The fourth-order valence-electron chi connectivity index (χ4n) is 3.55. The Labute approximate surface area is 207 Å². The molecule has 32 heavy (non-hydrogen) atoms. The predicted octanol–water partition coefficient (Wildman–Crippen LogP) is 5.47. The monoisotopic (exact) mass is 536 g/mol. The van der Waals surface area contributed by atoms with Gasteiger partial charge in [-0.2, -0.15) is 0 Å². The second kappa shape index (κ2) is 10.8. The minimum absolute atomic E-state index is 0.102. The van der Waals surface area contributed by atoms with Crippen LogP contribution in [-0.4, -0.2) is 54.7 Å². The van der Waals surface area contributed by atoms with Gasteiger partial charge in [0.05, 0.1) is 15.6 Å². The van der Waals surface area contributed by atoms with E-state index in [1.165, 1.54) is 40.3 Å². The van der Waals surface area contributed by atoms with Crippen molar-refractivity contribution in [2.24, 2.45) is 0 Å². The Hall–Kier alpha value is -1.16. The first-order valence-electron chi connectivity index (χ1n) is 9.91. The summed E-state index contributed by atoms with van der Waals surface area (Å²) >= 11 is 19.9. The van der Waals surface area contributed by atoms with Gasteiger partial charge in [0.1, 0.15) is 5.25 Å². The van der Waals surface area contributed by atoms with E-state index >= 15 is 0 Å². The third-order valence-electron chi connectivity index (χ3n) is 5.17. The second-order valence-corrected chi connectivity index (χ2v) is 11.8. The van der Waals surface area contributed by atoms with Crippen molar-refractivity contribution in [2.75, 3.05) is 23.3 Å². The van der Waals surface area contributed by atoms with Crippen molar-refractivity contribution in [3.05, 3.63) is 57.5 Å². The molecular formula is C21H23Cl3N2O4S2. The fourth-order valence-corrected chi connectivity index (χ4v) is 6.88. The SMILES string of the molecule is CC(CCCN1CS[C@@H](C(=O)O)C1)N(c1cc(Cl)ccc1Cl)S(=O)(=O)c1ccc(Cl)cc1. The number of carboxylic acid groups (broad SMARTS) is 1. The van der Waals surface area contributed by atoms with Gasteiger partial charge in [-0.3, -0.25) is 14.0 Å². The molecular weight excluding hydrogens is 515 g/mol. The van der Waals surface area contributed by atoms with Crippen LogP contribution in [0.25, 0.3) is 0 Å². The molecule has 1 aliphatic heterocycles. The maximum Gasteiger partial charge on any atom is 0.317 e. The number of aliphatic carboxylic acids is 1. The fraction of sp³-hybridized carbons (Fsp3) is 0.381. The lowest BCUT2D eigenvalue weighted by molar-refractivity contribution is -0.136. The molecule has 1 saturated heterocycles. The van der Waals surface area contributed by atoms with Gasteiger partial charge in [0.2, 0.25) is 0 Å². The van der Waals surface area contributed by atoms with E-state index in [2.05, 4.69) is 4.90 Å². The number of carbonyl (C=O) groups is 1. The van der Waals surface area contributed by atoms with Crippen molar-refractivity contribution < 1.29 is 18.3 Å². The minimum atomic E-state index is -3.94. The summed E-state index contributed by atoms with van der Waals surface area (Å²) < 4.78 is 28.5. The summed E-state index contributed by atoms with van der Waals surface area (Å²) in [6.45, 7) is 2.99. The predicted molar refractivity (Wildman–Crippen MR) is 132 cm³/mol. The van der Waals surface area contributed by atoms with Gasteiger partial charge in [-0.1, -0.05) is 34.8 Å².